The van der Waals surface area contributed by atoms with Crippen LogP contribution >= 0.6 is 0 Å². The fraction of sp³-hybridized carbons (Fsp3) is 0.150. The van der Waals surface area contributed by atoms with Crippen LogP contribution in [0.15, 0.2) is 65.5 Å². The Bertz CT molecular complexity index is 962. The smallest absolute Gasteiger partial charge is 0.254 e. The molecule has 0 unspecified atom stereocenters. The van der Waals surface area contributed by atoms with Crippen LogP contribution in [-0.2, 0) is 11.3 Å². The number of hydrogen-bond donors (Lipinski definition) is 1. The van der Waals surface area contributed by atoms with Gasteiger partial charge in [-0.15, -0.1) is 0 Å². The van der Waals surface area contributed by atoms with Gasteiger partial charge in [-0.25, -0.2) is 4.98 Å². The molecule has 5 heteroatoms. The highest BCUT2D eigenvalue weighted by Gasteiger charge is 2.13. The lowest BCUT2D eigenvalue weighted by Crippen LogP contribution is -2.29. The zero-order valence-electron chi connectivity index (χ0n) is 14.2. The summed E-state index contributed by atoms with van der Waals surface area (Å²) >= 11 is 0. The second-order valence-electron chi connectivity index (χ2n) is 5.87. The van der Waals surface area contributed by atoms with Gasteiger partial charge < -0.3 is 5.32 Å². The van der Waals surface area contributed by atoms with Crippen molar-refractivity contribution in [3.63, 3.8) is 0 Å². The number of hydrogen-bond acceptors (Lipinski definition) is 3. The molecule has 3 aromatic rings. The maximum absolute atomic E-state index is 12.5. The van der Waals surface area contributed by atoms with E-state index < -0.39 is 0 Å². The van der Waals surface area contributed by atoms with Crippen LogP contribution in [0.3, 0.4) is 0 Å². The molecule has 0 spiro atoms. The van der Waals surface area contributed by atoms with Crippen LogP contribution in [0, 0.1) is 13.8 Å². The second-order valence-corrected chi connectivity index (χ2v) is 5.87. The van der Waals surface area contributed by atoms with E-state index in [-0.39, 0.29) is 18.0 Å². The van der Waals surface area contributed by atoms with Crippen LogP contribution in [0.25, 0.3) is 11.4 Å². The Kier molecular flexibility index (Phi) is 4.75. The van der Waals surface area contributed by atoms with Crippen molar-refractivity contribution >= 4 is 11.6 Å². The summed E-state index contributed by atoms with van der Waals surface area (Å²) in [5.41, 5.74) is 2.88. The average molecular weight is 333 g/mol. The third-order valence-corrected chi connectivity index (χ3v) is 3.89. The molecule has 2 aromatic carbocycles. The van der Waals surface area contributed by atoms with Gasteiger partial charge in [0.05, 0.1) is 0 Å². The van der Waals surface area contributed by atoms with Gasteiger partial charge in [-0.2, -0.15) is 0 Å². The maximum atomic E-state index is 12.5. The Morgan fingerprint density at radius 1 is 1.04 bits per heavy atom. The van der Waals surface area contributed by atoms with Crippen molar-refractivity contribution in [1.82, 2.24) is 9.55 Å². The molecule has 1 heterocycles. The quantitative estimate of drug-likeness (QED) is 0.797. The first-order chi connectivity index (χ1) is 12.0. The van der Waals surface area contributed by atoms with E-state index in [1.807, 2.05) is 61.5 Å². The number of nitrogens with zero attached hydrogens (tertiary/aromatic N) is 2. The summed E-state index contributed by atoms with van der Waals surface area (Å²) < 4.78 is 1.40. The van der Waals surface area contributed by atoms with Gasteiger partial charge in [0.2, 0.25) is 5.91 Å². The highest BCUT2D eigenvalue weighted by molar-refractivity contribution is 5.91. The van der Waals surface area contributed by atoms with Gasteiger partial charge in [-0.3, -0.25) is 14.2 Å². The summed E-state index contributed by atoms with van der Waals surface area (Å²) in [6.45, 7) is 3.60. The number of rotatable bonds is 4. The van der Waals surface area contributed by atoms with Gasteiger partial charge in [0, 0.05) is 23.0 Å². The first-order valence-corrected chi connectivity index (χ1v) is 8.04. The van der Waals surface area contributed by atoms with Crippen molar-refractivity contribution in [2.75, 3.05) is 5.32 Å². The number of carbonyl (C=O) groups is 1. The van der Waals surface area contributed by atoms with E-state index in [0.29, 0.717) is 11.5 Å². The molecule has 1 amide bonds. The highest BCUT2D eigenvalue weighted by Crippen LogP contribution is 2.16. The van der Waals surface area contributed by atoms with Crippen LogP contribution < -0.4 is 10.9 Å². The molecule has 0 saturated heterocycles. The van der Waals surface area contributed by atoms with Crippen LogP contribution in [0.1, 0.15) is 11.3 Å². The number of para-hydroxylation sites is 1. The summed E-state index contributed by atoms with van der Waals surface area (Å²) in [5.74, 6) is 0.227. The standard InChI is InChI=1S/C20H19N3O2/c1-14-8-6-7-11-17(14)22-18(24)13-23-19(25)12-15(2)21-20(23)16-9-4-3-5-10-16/h3-12H,13H2,1-2H3,(H,22,24). The summed E-state index contributed by atoms with van der Waals surface area (Å²) in [6, 6.07) is 18.4. The number of carbonyl (C=O) groups excluding carboxylic acids is 1. The van der Waals surface area contributed by atoms with Gasteiger partial charge in [-0.05, 0) is 25.5 Å². The van der Waals surface area contributed by atoms with E-state index in [9.17, 15) is 9.59 Å². The Morgan fingerprint density at radius 2 is 1.72 bits per heavy atom. The minimum absolute atomic E-state index is 0.0926. The number of aryl methyl sites for hydroxylation is 2. The van der Waals surface area contributed by atoms with Crippen LogP contribution in [0.5, 0.6) is 0 Å². The number of nitrogens with one attached hydrogen (secondary N) is 1. The lowest BCUT2D eigenvalue weighted by atomic mass is 10.2. The Morgan fingerprint density at radius 3 is 2.44 bits per heavy atom. The van der Waals surface area contributed by atoms with Crippen molar-refractivity contribution in [2.24, 2.45) is 0 Å². The number of anilines is 1. The SMILES string of the molecule is Cc1cc(=O)n(CC(=O)Nc2ccccc2C)c(-c2ccccc2)n1. The maximum Gasteiger partial charge on any atom is 0.254 e. The normalized spacial score (nSPS) is 10.5. The third kappa shape index (κ3) is 3.83. The van der Waals surface area contributed by atoms with E-state index in [1.165, 1.54) is 10.6 Å². The summed E-state index contributed by atoms with van der Waals surface area (Å²) in [4.78, 5) is 29.4. The first-order valence-electron chi connectivity index (χ1n) is 8.04. The van der Waals surface area contributed by atoms with Crippen molar-refractivity contribution in [3.8, 4) is 11.4 Å². The molecule has 0 aliphatic heterocycles. The first kappa shape index (κ1) is 16.6. The van der Waals surface area contributed by atoms with Gasteiger partial charge >= 0.3 is 0 Å². The van der Waals surface area contributed by atoms with Gasteiger partial charge in [0.1, 0.15) is 12.4 Å². The lowest BCUT2D eigenvalue weighted by Gasteiger charge is -2.13. The van der Waals surface area contributed by atoms with Crippen molar-refractivity contribution in [3.05, 3.63) is 82.3 Å². The van der Waals surface area contributed by atoms with E-state index in [2.05, 4.69) is 10.3 Å². The van der Waals surface area contributed by atoms with Crippen molar-refractivity contribution in [1.29, 1.82) is 0 Å². The van der Waals surface area contributed by atoms with Gasteiger partial charge in [-0.1, -0.05) is 48.5 Å². The van der Waals surface area contributed by atoms with E-state index in [0.717, 1.165) is 16.8 Å². The summed E-state index contributed by atoms with van der Waals surface area (Å²) in [6.07, 6.45) is 0. The molecule has 5 nitrogen and oxygen atoms in total. The van der Waals surface area contributed by atoms with Crippen LogP contribution in [0.4, 0.5) is 5.69 Å². The van der Waals surface area contributed by atoms with Crippen LogP contribution in [0.2, 0.25) is 0 Å². The Labute approximate surface area is 146 Å². The molecule has 0 fully saturated rings. The largest absolute Gasteiger partial charge is 0.324 e. The molecule has 0 radical (unpaired) electrons. The van der Waals surface area contributed by atoms with Gasteiger partial charge in [0.25, 0.3) is 5.56 Å². The molecular weight excluding hydrogens is 314 g/mol. The molecule has 0 aliphatic rings. The monoisotopic (exact) mass is 333 g/mol. The highest BCUT2D eigenvalue weighted by atomic mass is 16.2. The average Bonchev–Trinajstić information content (AvgIpc) is 2.60. The Hall–Kier alpha value is -3.21. The third-order valence-electron chi connectivity index (χ3n) is 3.89. The molecule has 0 atom stereocenters. The molecular formula is C20H19N3O2. The predicted molar refractivity (Wildman–Crippen MR) is 98.5 cm³/mol. The Balaban J connectivity index is 1.93. The number of benzene rings is 2. The minimum Gasteiger partial charge on any atom is -0.324 e. The van der Waals surface area contributed by atoms with E-state index in [4.69, 9.17) is 0 Å². The number of aromatic nitrogens is 2. The minimum atomic E-state index is -0.265. The fourth-order valence-corrected chi connectivity index (χ4v) is 2.63. The molecule has 126 valence electrons. The molecule has 3 rings (SSSR count). The van der Waals surface area contributed by atoms with Crippen molar-refractivity contribution in [2.45, 2.75) is 20.4 Å². The zero-order valence-corrected chi connectivity index (χ0v) is 14.2. The molecule has 0 bridgehead atoms. The summed E-state index contributed by atoms with van der Waals surface area (Å²) in [5, 5.41) is 2.85. The topological polar surface area (TPSA) is 64.0 Å². The van der Waals surface area contributed by atoms with E-state index >= 15 is 0 Å². The second kappa shape index (κ2) is 7.13. The zero-order chi connectivity index (χ0) is 17.8. The molecule has 25 heavy (non-hydrogen) atoms. The summed E-state index contributed by atoms with van der Waals surface area (Å²) in [7, 11) is 0. The van der Waals surface area contributed by atoms with Gasteiger partial charge in [0.15, 0.2) is 0 Å². The predicted octanol–water partition coefficient (Wildman–Crippen LogP) is 3.17. The lowest BCUT2D eigenvalue weighted by molar-refractivity contribution is -0.116. The molecule has 0 aliphatic carbocycles. The molecule has 1 N–H and O–H groups in total. The van der Waals surface area contributed by atoms with Crippen LogP contribution in [-0.4, -0.2) is 15.5 Å². The fourth-order valence-electron chi connectivity index (χ4n) is 2.63. The molecule has 0 saturated carbocycles. The molecule has 1 aromatic heterocycles. The van der Waals surface area contributed by atoms with Crippen molar-refractivity contribution < 1.29 is 4.79 Å². The number of amides is 1. The van der Waals surface area contributed by atoms with E-state index in [1.54, 1.807) is 6.92 Å².